The second-order valence-electron chi connectivity index (χ2n) is 8.31. The van der Waals surface area contributed by atoms with Gasteiger partial charge in [-0.3, -0.25) is 14.4 Å². The van der Waals surface area contributed by atoms with Gasteiger partial charge >= 0.3 is 0 Å². The molecule has 9 heteroatoms. The van der Waals surface area contributed by atoms with Crippen LogP contribution in [0.2, 0.25) is 0 Å². The smallest absolute Gasteiger partial charge is 0.255 e. The summed E-state index contributed by atoms with van der Waals surface area (Å²) in [5, 5.41) is 4.97. The zero-order chi connectivity index (χ0) is 24.0. The monoisotopic (exact) mass is 453 g/mol. The number of nitrogens with two attached hydrogens (primary N) is 1. The molecule has 0 saturated heterocycles. The largest absolute Gasteiger partial charge is 0.490 e. The Balaban J connectivity index is 1.75. The number of benzene rings is 1. The highest BCUT2D eigenvalue weighted by molar-refractivity contribution is 6.00. The summed E-state index contributed by atoms with van der Waals surface area (Å²) < 4.78 is 6.08. The van der Waals surface area contributed by atoms with Gasteiger partial charge in [-0.2, -0.15) is 0 Å². The summed E-state index contributed by atoms with van der Waals surface area (Å²) in [5.41, 5.74) is 7.20. The van der Waals surface area contributed by atoms with E-state index in [1.165, 1.54) is 26.3 Å². The Hall–Kier alpha value is -3.49. The minimum Gasteiger partial charge on any atom is -0.490 e. The van der Waals surface area contributed by atoms with Crippen molar-refractivity contribution in [2.45, 2.75) is 64.5 Å². The molecule has 0 bridgehead atoms. The van der Waals surface area contributed by atoms with Gasteiger partial charge in [0.15, 0.2) is 5.82 Å². The van der Waals surface area contributed by atoms with Crippen molar-refractivity contribution < 1.29 is 19.1 Å². The van der Waals surface area contributed by atoms with Crippen LogP contribution in [0.1, 0.15) is 60.3 Å². The quantitative estimate of drug-likeness (QED) is 0.560. The molecule has 33 heavy (non-hydrogen) atoms. The predicted molar refractivity (Wildman–Crippen MR) is 124 cm³/mol. The highest BCUT2D eigenvalue weighted by atomic mass is 16.5. The fraction of sp³-hybridized carbons (Fsp3) is 0.458. The first-order chi connectivity index (χ1) is 15.8. The van der Waals surface area contributed by atoms with E-state index < -0.39 is 23.8 Å². The van der Waals surface area contributed by atoms with Crippen molar-refractivity contribution in [2.75, 3.05) is 7.05 Å². The van der Waals surface area contributed by atoms with Crippen LogP contribution in [0, 0.1) is 13.8 Å². The SMILES string of the molecule is CNC(=O)C(CC(N)=O)NC(=O)c1c(C)nc(-c2ccc(OC3CCCCC3)cc2)nc1C. The maximum Gasteiger partial charge on any atom is 0.255 e. The van der Waals surface area contributed by atoms with Gasteiger partial charge in [0.05, 0.1) is 29.5 Å². The molecule has 1 unspecified atom stereocenters. The Labute approximate surface area is 193 Å². The maximum atomic E-state index is 12.8. The highest BCUT2D eigenvalue weighted by Crippen LogP contribution is 2.26. The minimum absolute atomic E-state index is 0.259. The summed E-state index contributed by atoms with van der Waals surface area (Å²) >= 11 is 0. The predicted octanol–water partition coefficient (Wildman–Crippen LogP) is 2.19. The van der Waals surface area contributed by atoms with E-state index in [9.17, 15) is 14.4 Å². The second kappa shape index (κ2) is 10.9. The number of nitrogens with zero attached hydrogens (tertiary/aromatic N) is 2. The van der Waals surface area contributed by atoms with Crippen LogP contribution in [-0.2, 0) is 9.59 Å². The zero-order valence-electron chi connectivity index (χ0n) is 19.3. The Morgan fingerprint density at radius 2 is 1.67 bits per heavy atom. The molecule has 1 aliphatic rings. The summed E-state index contributed by atoms with van der Waals surface area (Å²) in [7, 11) is 1.42. The van der Waals surface area contributed by atoms with Crippen molar-refractivity contribution in [3.05, 3.63) is 41.2 Å². The highest BCUT2D eigenvalue weighted by Gasteiger charge is 2.25. The van der Waals surface area contributed by atoms with Gasteiger partial charge in [0.25, 0.3) is 5.91 Å². The fourth-order valence-corrected chi connectivity index (χ4v) is 4.05. The molecule has 2 aromatic rings. The van der Waals surface area contributed by atoms with E-state index in [0.717, 1.165) is 24.2 Å². The third-order valence-electron chi connectivity index (χ3n) is 5.74. The van der Waals surface area contributed by atoms with Crippen molar-refractivity contribution in [3.8, 4) is 17.1 Å². The zero-order valence-corrected chi connectivity index (χ0v) is 19.3. The summed E-state index contributed by atoms with van der Waals surface area (Å²) in [6.07, 6.45) is 5.84. The van der Waals surface area contributed by atoms with Crippen LogP contribution < -0.4 is 21.1 Å². The fourth-order valence-electron chi connectivity index (χ4n) is 4.05. The average molecular weight is 454 g/mol. The lowest BCUT2D eigenvalue weighted by molar-refractivity contribution is -0.126. The van der Waals surface area contributed by atoms with E-state index in [0.29, 0.717) is 17.2 Å². The van der Waals surface area contributed by atoms with Gasteiger partial charge < -0.3 is 21.1 Å². The van der Waals surface area contributed by atoms with Crippen LogP contribution in [0.3, 0.4) is 0 Å². The molecule has 1 saturated carbocycles. The number of hydrogen-bond donors (Lipinski definition) is 3. The van der Waals surface area contributed by atoms with Crippen LogP contribution in [0.4, 0.5) is 0 Å². The van der Waals surface area contributed by atoms with Crippen LogP contribution >= 0.6 is 0 Å². The summed E-state index contributed by atoms with van der Waals surface area (Å²) in [4.78, 5) is 45.1. The number of carbonyl (C=O) groups is 3. The number of nitrogens with one attached hydrogen (secondary N) is 2. The number of aromatic nitrogens is 2. The average Bonchev–Trinajstić information content (AvgIpc) is 2.78. The van der Waals surface area contributed by atoms with Crippen LogP contribution in [-0.4, -0.2) is 46.9 Å². The van der Waals surface area contributed by atoms with Gasteiger partial charge in [0.1, 0.15) is 11.8 Å². The number of aryl methyl sites for hydroxylation is 2. The summed E-state index contributed by atoms with van der Waals surface area (Å²) in [6.45, 7) is 3.41. The number of rotatable bonds is 8. The van der Waals surface area contributed by atoms with Gasteiger partial charge in [-0.05, 0) is 63.8 Å². The summed E-state index contributed by atoms with van der Waals surface area (Å²) in [6, 6.07) is 6.56. The number of primary amides is 1. The minimum atomic E-state index is -1.07. The van der Waals surface area contributed by atoms with Crippen molar-refractivity contribution in [3.63, 3.8) is 0 Å². The molecule has 4 N–H and O–H groups in total. The molecule has 1 heterocycles. The standard InChI is InChI=1S/C24H31N5O4/c1-14-21(24(32)29-19(13-20(25)30)23(31)26-3)15(2)28-22(27-14)16-9-11-18(12-10-16)33-17-7-5-4-6-8-17/h9-12,17,19H,4-8,13H2,1-3H3,(H2,25,30)(H,26,31)(H,29,32). The molecular formula is C24H31N5O4. The molecule has 176 valence electrons. The lowest BCUT2D eigenvalue weighted by Gasteiger charge is -2.23. The number of amides is 3. The Morgan fingerprint density at radius 1 is 1.06 bits per heavy atom. The van der Waals surface area contributed by atoms with Crippen molar-refractivity contribution in [1.82, 2.24) is 20.6 Å². The van der Waals surface area contributed by atoms with Crippen LogP contribution in [0.5, 0.6) is 5.75 Å². The van der Waals surface area contributed by atoms with E-state index in [1.807, 2.05) is 24.3 Å². The molecule has 1 aromatic carbocycles. The van der Waals surface area contributed by atoms with Crippen molar-refractivity contribution in [1.29, 1.82) is 0 Å². The van der Waals surface area contributed by atoms with E-state index in [2.05, 4.69) is 20.6 Å². The molecule has 1 aliphatic carbocycles. The number of ether oxygens (including phenoxy) is 1. The van der Waals surface area contributed by atoms with E-state index >= 15 is 0 Å². The first kappa shape index (κ1) is 24.2. The molecule has 0 radical (unpaired) electrons. The van der Waals surface area contributed by atoms with Crippen LogP contribution in [0.15, 0.2) is 24.3 Å². The van der Waals surface area contributed by atoms with E-state index in [-0.39, 0.29) is 18.1 Å². The van der Waals surface area contributed by atoms with Crippen molar-refractivity contribution in [2.24, 2.45) is 5.73 Å². The molecule has 1 aromatic heterocycles. The summed E-state index contributed by atoms with van der Waals surface area (Å²) in [5.74, 6) is -0.427. The van der Waals surface area contributed by atoms with Gasteiger partial charge in [-0.15, -0.1) is 0 Å². The van der Waals surface area contributed by atoms with Gasteiger partial charge in [-0.25, -0.2) is 9.97 Å². The number of likely N-dealkylation sites (N-methyl/N-ethyl adjacent to an activating group) is 1. The molecular weight excluding hydrogens is 422 g/mol. The number of carbonyl (C=O) groups excluding carboxylic acids is 3. The van der Waals surface area contributed by atoms with E-state index in [4.69, 9.17) is 10.5 Å². The first-order valence-electron chi connectivity index (χ1n) is 11.2. The molecule has 3 amide bonds. The topological polar surface area (TPSA) is 136 Å². The first-order valence-corrected chi connectivity index (χ1v) is 11.2. The lowest BCUT2D eigenvalue weighted by Crippen LogP contribution is -2.48. The molecule has 3 rings (SSSR count). The molecule has 1 atom stereocenters. The number of hydrogen-bond acceptors (Lipinski definition) is 6. The van der Waals surface area contributed by atoms with Crippen LogP contribution in [0.25, 0.3) is 11.4 Å². The third-order valence-corrected chi connectivity index (χ3v) is 5.74. The molecule has 9 nitrogen and oxygen atoms in total. The Morgan fingerprint density at radius 3 is 2.21 bits per heavy atom. The normalized spacial score (nSPS) is 14.9. The van der Waals surface area contributed by atoms with Crippen molar-refractivity contribution >= 4 is 17.7 Å². The molecule has 0 aliphatic heterocycles. The lowest BCUT2D eigenvalue weighted by atomic mass is 9.98. The maximum absolute atomic E-state index is 12.8. The van der Waals surface area contributed by atoms with E-state index in [1.54, 1.807) is 13.8 Å². The second-order valence-corrected chi connectivity index (χ2v) is 8.31. The molecule has 0 spiro atoms. The Bertz CT molecular complexity index is 993. The third kappa shape index (κ3) is 6.27. The van der Waals surface area contributed by atoms with Gasteiger partial charge in [-0.1, -0.05) is 6.42 Å². The Kier molecular flexibility index (Phi) is 7.97. The van der Waals surface area contributed by atoms with Gasteiger partial charge in [0.2, 0.25) is 11.8 Å². The van der Waals surface area contributed by atoms with Gasteiger partial charge in [0, 0.05) is 12.6 Å². The molecule has 1 fully saturated rings.